The van der Waals surface area contributed by atoms with E-state index in [9.17, 15) is 0 Å². The molecule has 0 saturated carbocycles. The zero-order valence-electron chi connectivity index (χ0n) is 10.2. The van der Waals surface area contributed by atoms with Crippen molar-refractivity contribution in [2.24, 2.45) is 11.8 Å². The smallest absolute Gasteiger partial charge is 0.140 e. The fraction of sp³-hybridized carbons (Fsp3) is 0.538. The number of anilines is 1. The van der Waals surface area contributed by atoms with E-state index in [0.29, 0.717) is 0 Å². The van der Waals surface area contributed by atoms with E-state index < -0.39 is 0 Å². The Balaban J connectivity index is 1.68. The Morgan fingerprint density at radius 2 is 2.22 bits per heavy atom. The first-order valence-corrected chi connectivity index (χ1v) is 7.43. The number of nitrogens with zero attached hydrogens (tertiary/aromatic N) is 3. The average molecular weight is 260 g/mol. The summed E-state index contributed by atoms with van der Waals surface area (Å²) in [6.07, 6.45) is 2.99. The Kier molecular flexibility index (Phi) is 2.48. The Hall–Kier alpha value is -1.20. The first-order chi connectivity index (χ1) is 8.92. The first-order valence-electron chi connectivity index (χ1n) is 6.55. The first kappa shape index (κ1) is 10.7. The van der Waals surface area contributed by atoms with Gasteiger partial charge in [0.1, 0.15) is 17.0 Å². The largest absolute Gasteiger partial charge is 0.356 e. The minimum Gasteiger partial charge on any atom is -0.356 e. The molecule has 0 aromatic carbocycles. The van der Waals surface area contributed by atoms with E-state index in [-0.39, 0.29) is 0 Å². The van der Waals surface area contributed by atoms with Gasteiger partial charge in [0.2, 0.25) is 0 Å². The van der Waals surface area contributed by atoms with Crippen LogP contribution < -0.4 is 10.2 Å². The van der Waals surface area contributed by atoms with Gasteiger partial charge in [-0.15, -0.1) is 11.3 Å². The molecule has 4 heterocycles. The third kappa shape index (κ3) is 1.61. The summed E-state index contributed by atoms with van der Waals surface area (Å²) in [5, 5.41) is 6.83. The highest BCUT2D eigenvalue weighted by molar-refractivity contribution is 7.16. The van der Waals surface area contributed by atoms with E-state index in [2.05, 4.69) is 31.6 Å². The molecule has 2 atom stereocenters. The van der Waals surface area contributed by atoms with Gasteiger partial charge in [0.25, 0.3) is 0 Å². The summed E-state index contributed by atoms with van der Waals surface area (Å²) in [5.74, 6) is 2.80. The fourth-order valence-corrected chi connectivity index (χ4v) is 3.98. The van der Waals surface area contributed by atoms with E-state index in [1.807, 2.05) is 0 Å². The predicted octanol–water partition coefficient (Wildman–Crippen LogP) is 1.74. The van der Waals surface area contributed by atoms with Crippen molar-refractivity contribution in [3.8, 4) is 0 Å². The van der Waals surface area contributed by atoms with E-state index >= 15 is 0 Å². The van der Waals surface area contributed by atoms with Crippen LogP contribution in [0, 0.1) is 11.8 Å². The van der Waals surface area contributed by atoms with Gasteiger partial charge in [-0.3, -0.25) is 0 Å². The molecule has 2 aromatic heterocycles. The number of thiophene rings is 1. The highest BCUT2D eigenvalue weighted by Gasteiger charge is 2.33. The van der Waals surface area contributed by atoms with E-state index in [1.54, 1.807) is 17.7 Å². The molecular formula is C13H16N4S. The van der Waals surface area contributed by atoms with Crippen molar-refractivity contribution in [2.75, 3.05) is 31.1 Å². The molecular weight excluding hydrogens is 244 g/mol. The second kappa shape index (κ2) is 4.17. The molecule has 2 unspecified atom stereocenters. The number of aromatic nitrogens is 2. The Morgan fingerprint density at radius 1 is 1.28 bits per heavy atom. The van der Waals surface area contributed by atoms with Crippen molar-refractivity contribution >= 4 is 27.4 Å². The molecule has 0 radical (unpaired) electrons. The average Bonchev–Trinajstić information content (AvgIpc) is 3.05. The van der Waals surface area contributed by atoms with Crippen LogP contribution in [0.25, 0.3) is 10.2 Å². The van der Waals surface area contributed by atoms with Gasteiger partial charge in [-0.05, 0) is 42.8 Å². The molecule has 0 bridgehead atoms. The quantitative estimate of drug-likeness (QED) is 0.848. The molecule has 2 aliphatic heterocycles. The maximum Gasteiger partial charge on any atom is 0.140 e. The van der Waals surface area contributed by atoms with Crippen molar-refractivity contribution in [1.82, 2.24) is 15.3 Å². The second-order valence-electron chi connectivity index (χ2n) is 5.25. The molecule has 2 aromatic rings. The fourth-order valence-electron chi connectivity index (χ4n) is 3.26. The number of piperidine rings is 1. The third-order valence-corrected chi connectivity index (χ3v) is 5.07. The van der Waals surface area contributed by atoms with Gasteiger partial charge < -0.3 is 10.2 Å². The van der Waals surface area contributed by atoms with E-state index in [4.69, 9.17) is 0 Å². The summed E-state index contributed by atoms with van der Waals surface area (Å²) in [5.41, 5.74) is 0. The zero-order valence-corrected chi connectivity index (χ0v) is 11.0. The van der Waals surface area contributed by atoms with Crippen LogP contribution in [0.4, 0.5) is 5.82 Å². The molecule has 1 N–H and O–H groups in total. The molecule has 2 saturated heterocycles. The van der Waals surface area contributed by atoms with Crippen LogP contribution >= 0.6 is 11.3 Å². The predicted molar refractivity (Wildman–Crippen MR) is 74.1 cm³/mol. The highest BCUT2D eigenvalue weighted by Crippen LogP contribution is 2.32. The molecule has 2 fully saturated rings. The molecule has 4 nitrogen and oxygen atoms in total. The SMILES string of the molecule is c1nc(N2CCC3CNCC3C2)c2ccsc2n1. The summed E-state index contributed by atoms with van der Waals surface area (Å²) in [4.78, 5) is 12.4. The van der Waals surface area contributed by atoms with Crippen LogP contribution in [0.5, 0.6) is 0 Å². The third-order valence-electron chi connectivity index (χ3n) is 4.24. The summed E-state index contributed by atoms with van der Waals surface area (Å²) < 4.78 is 0. The lowest BCUT2D eigenvalue weighted by Gasteiger charge is -2.35. The number of rotatable bonds is 1. The molecule has 18 heavy (non-hydrogen) atoms. The van der Waals surface area contributed by atoms with Crippen molar-refractivity contribution in [1.29, 1.82) is 0 Å². The number of fused-ring (bicyclic) bond motifs is 2. The minimum absolute atomic E-state index is 0.794. The van der Waals surface area contributed by atoms with Gasteiger partial charge >= 0.3 is 0 Å². The van der Waals surface area contributed by atoms with Crippen molar-refractivity contribution in [3.05, 3.63) is 17.8 Å². The molecule has 0 spiro atoms. The standard InChI is InChI=1S/C13H16N4S/c1-3-17(7-10-6-14-5-9(1)10)12-11-2-4-18-13(11)16-8-15-12/h2,4,8-10,14H,1,3,5-7H2. The molecule has 0 aliphatic carbocycles. The number of nitrogens with one attached hydrogen (secondary N) is 1. The number of hydrogen-bond acceptors (Lipinski definition) is 5. The van der Waals surface area contributed by atoms with E-state index in [0.717, 1.165) is 35.6 Å². The normalized spacial score (nSPS) is 27.7. The van der Waals surface area contributed by atoms with Crippen molar-refractivity contribution < 1.29 is 0 Å². The van der Waals surface area contributed by atoms with Gasteiger partial charge in [-0.1, -0.05) is 0 Å². The maximum absolute atomic E-state index is 4.52. The Morgan fingerprint density at radius 3 is 3.22 bits per heavy atom. The van der Waals surface area contributed by atoms with Crippen LogP contribution in [0.15, 0.2) is 17.8 Å². The molecule has 5 heteroatoms. The lowest BCUT2D eigenvalue weighted by molar-refractivity contribution is 0.348. The van der Waals surface area contributed by atoms with Crippen LogP contribution in [0.1, 0.15) is 6.42 Å². The monoisotopic (exact) mass is 260 g/mol. The topological polar surface area (TPSA) is 41.1 Å². The molecule has 2 aliphatic rings. The maximum atomic E-state index is 4.52. The lowest BCUT2D eigenvalue weighted by Crippen LogP contribution is -2.40. The summed E-state index contributed by atoms with van der Waals surface area (Å²) in [6, 6.07) is 2.15. The summed E-state index contributed by atoms with van der Waals surface area (Å²) in [6.45, 7) is 4.64. The lowest BCUT2D eigenvalue weighted by atomic mass is 9.88. The second-order valence-corrected chi connectivity index (χ2v) is 6.14. The van der Waals surface area contributed by atoms with Crippen molar-refractivity contribution in [2.45, 2.75) is 6.42 Å². The van der Waals surface area contributed by atoms with Crippen molar-refractivity contribution in [3.63, 3.8) is 0 Å². The van der Waals surface area contributed by atoms with Crippen LogP contribution in [-0.2, 0) is 0 Å². The molecule has 0 amide bonds. The minimum atomic E-state index is 0.794. The van der Waals surface area contributed by atoms with Crippen LogP contribution in [0.3, 0.4) is 0 Å². The van der Waals surface area contributed by atoms with Gasteiger partial charge in [-0.25, -0.2) is 9.97 Å². The zero-order chi connectivity index (χ0) is 11.9. The molecule has 4 rings (SSSR count). The summed E-state index contributed by atoms with van der Waals surface area (Å²) >= 11 is 1.69. The van der Waals surface area contributed by atoms with Gasteiger partial charge in [-0.2, -0.15) is 0 Å². The van der Waals surface area contributed by atoms with Crippen LogP contribution in [-0.4, -0.2) is 36.1 Å². The number of hydrogen-bond donors (Lipinski definition) is 1. The van der Waals surface area contributed by atoms with Crippen LogP contribution in [0.2, 0.25) is 0 Å². The Bertz CT molecular complexity index is 567. The molecule has 94 valence electrons. The van der Waals surface area contributed by atoms with Gasteiger partial charge in [0.05, 0.1) is 5.39 Å². The van der Waals surface area contributed by atoms with E-state index in [1.165, 1.54) is 24.9 Å². The van der Waals surface area contributed by atoms with Gasteiger partial charge in [0, 0.05) is 13.1 Å². The highest BCUT2D eigenvalue weighted by atomic mass is 32.1. The van der Waals surface area contributed by atoms with Gasteiger partial charge in [0.15, 0.2) is 0 Å². The summed E-state index contributed by atoms with van der Waals surface area (Å²) in [7, 11) is 0. The Labute approximate surface area is 110 Å².